The van der Waals surface area contributed by atoms with Crippen molar-refractivity contribution in [1.82, 2.24) is 5.32 Å². The second-order valence-corrected chi connectivity index (χ2v) is 7.68. The Hall–Kier alpha value is -0.0800. The second-order valence-electron chi connectivity index (χ2n) is 7.68. The molecule has 0 aromatic carbocycles. The minimum absolute atomic E-state index is 0.513. The number of ether oxygens (including phenoxy) is 1. The van der Waals surface area contributed by atoms with E-state index in [4.69, 9.17) is 4.74 Å². The number of rotatable bonds is 4. The van der Waals surface area contributed by atoms with E-state index in [1.165, 1.54) is 38.6 Å². The highest BCUT2D eigenvalue weighted by Gasteiger charge is 2.50. The maximum Gasteiger partial charge on any atom is 0.0700 e. The third kappa shape index (κ3) is 2.12. The average Bonchev–Trinajstić information content (AvgIpc) is 2.79. The maximum absolute atomic E-state index is 5.71. The number of hydrogen-bond acceptors (Lipinski definition) is 2. The van der Waals surface area contributed by atoms with E-state index < -0.39 is 0 Å². The first-order valence-corrected chi connectivity index (χ1v) is 8.14. The van der Waals surface area contributed by atoms with E-state index in [0.717, 1.165) is 30.9 Å². The predicted octanol–water partition coefficient (Wildman–Crippen LogP) is 2.97. The first-order valence-electron chi connectivity index (χ1n) is 8.14. The predicted molar refractivity (Wildman–Crippen MR) is 72.4 cm³/mol. The molecule has 1 unspecified atom stereocenters. The van der Waals surface area contributed by atoms with Crippen LogP contribution in [-0.2, 0) is 4.74 Å². The van der Waals surface area contributed by atoms with Crippen LogP contribution in [0.5, 0.6) is 0 Å². The van der Waals surface area contributed by atoms with Gasteiger partial charge in [0.05, 0.1) is 6.10 Å². The topological polar surface area (TPSA) is 21.3 Å². The zero-order valence-corrected chi connectivity index (χ0v) is 11.5. The van der Waals surface area contributed by atoms with Gasteiger partial charge in [0, 0.05) is 19.7 Å². The summed E-state index contributed by atoms with van der Waals surface area (Å²) >= 11 is 0. The van der Waals surface area contributed by atoms with E-state index in [1.807, 2.05) is 0 Å². The zero-order valence-electron chi connectivity index (χ0n) is 11.5. The third-order valence-electron chi connectivity index (χ3n) is 6.06. The van der Waals surface area contributed by atoms with Gasteiger partial charge in [-0.2, -0.15) is 0 Å². The lowest BCUT2D eigenvalue weighted by atomic mass is 9.49. The first-order chi connectivity index (χ1) is 8.81. The summed E-state index contributed by atoms with van der Waals surface area (Å²) in [5, 5.41) is 3.76. The second kappa shape index (κ2) is 4.49. The molecule has 0 spiro atoms. The Balaban J connectivity index is 1.33. The summed E-state index contributed by atoms with van der Waals surface area (Å²) in [6, 6.07) is 0. The summed E-state index contributed by atoms with van der Waals surface area (Å²) in [6.07, 6.45) is 12.3. The van der Waals surface area contributed by atoms with Gasteiger partial charge in [0.25, 0.3) is 0 Å². The highest BCUT2D eigenvalue weighted by atomic mass is 16.5. The molecule has 5 aliphatic rings. The highest BCUT2D eigenvalue weighted by molar-refractivity contribution is 5.02. The Bertz CT molecular complexity index is 273. The first kappa shape index (κ1) is 11.7. The van der Waals surface area contributed by atoms with Gasteiger partial charge in [-0.3, -0.25) is 0 Å². The zero-order chi connectivity index (χ0) is 12.0. The minimum atomic E-state index is 0.513. The van der Waals surface area contributed by atoms with Gasteiger partial charge in [-0.15, -0.1) is 0 Å². The fourth-order valence-electron chi connectivity index (χ4n) is 5.81. The molecule has 102 valence electrons. The summed E-state index contributed by atoms with van der Waals surface area (Å²) in [5.74, 6) is 3.25. The van der Waals surface area contributed by atoms with E-state index in [2.05, 4.69) is 5.32 Å². The number of hydrogen-bond donors (Lipinski definition) is 1. The quantitative estimate of drug-likeness (QED) is 0.827. The van der Waals surface area contributed by atoms with Gasteiger partial charge < -0.3 is 10.1 Å². The normalized spacial score (nSPS) is 50.0. The molecule has 2 heteroatoms. The van der Waals surface area contributed by atoms with Crippen molar-refractivity contribution in [3.8, 4) is 0 Å². The summed E-state index contributed by atoms with van der Waals surface area (Å²) in [4.78, 5) is 0. The van der Waals surface area contributed by atoms with E-state index in [1.54, 1.807) is 19.3 Å². The largest absolute Gasteiger partial charge is 0.377 e. The summed E-state index contributed by atoms with van der Waals surface area (Å²) in [7, 11) is 0. The highest BCUT2D eigenvalue weighted by Crippen LogP contribution is 2.59. The van der Waals surface area contributed by atoms with Crippen molar-refractivity contribution in [1.29, 1.82) is 0 Å². The van der Waals surface area contributed by atoms with Crippen molar-refractivity contribution in [3.63, 3.8) is 0 Å². The Morgan fingerprint density at radius 2 is 1.67 bits per heavy atom. The molecule has 18 heavy (non-hydrogen) atoms. The molecule has 1 aliphatic heterocycles. The Kier molecular flexibility index (Phi) is 2.92. The van der Waals surface area contributed by atoms with Crippen LogP contribution in [0.15, 0.2) is 0 Å². The molecule has 0 radical (unpaired) electrons. The van der Waals surface area contributed by atoms with Crippen LogP contribution in [-0.4, -0.2) is 25.8 Å². The molecule has 4 bridgehead atoms. The Morgan fingerprint density at radius 3 is 2.22 bits per heavy atom. The minimum Gasteiger partial charge on any atom is -0.377 e. The van der Waals surface area contributed by atoms with E-state index >= 15 is 0 Å². The Morgan fingerprint density at radius 1 is 1.00 bits per heavy atom. The lowest BCUT2D eigenvalue weighted by Gasteiger charge is -2.57. The molecular weight excluding hydrogens is 222 g/mol. The van der Waals surface area contributed by atoms with Gasteiger partial charge >= 0.3 is 0 Å². The van der Waals surface area contributed by atoms with E-state index in [-0.39, 0.29) is 0 Å². The van der Waals surface area contributed by atoms with Crippen molar-refractivity contribution in [3.05, 3.63) is 0 Å². The molecule has 5 fully saturated rings. The maximum atomic E-state index is 5.71. The average molecular weight is 249 g/mol. The van der Waals surface area contributed by atoms with Crippen molar-refractivity contribution >= 4 is 0 Å². The molecule has 1 heterocycles. The van der Waals surface area contributed by atoms with Crippen molar-refractivity contribution in [2.24, 2.45) is 23.2 Å². The molecule has 4 saturated carbocycles. The molecule has 0 amide bonds. The van der Waals surface area contributed by atoms with Crippen LogP contribution in [0.4, 0.5) is 0 Å². The molecule has 1 N–H and O–H groups in total. The van der Waals surface area contributed by atoms with Gasteiger partial charge in [0.15, 0.2) is 0 Å². The molecule has 5 rings (SSSR count). The lowest BCUT2D eigenvalue weighted by molar-refractivity contribution is -0.0523. The molecular formula is C16H27NO. The van der Waals surface area contributed by atoms with E-state index in [9.17, 15) is 0 Å². The monoisotopic (exact) mass is 249 g/mol. The Labute approximate surface area is 111 Å². The van der Waals surface area contributed by atoms with Gasteiger partial charge in [0.2, 0.25) is 0 Å². The summed E-state index contributed by atoms with van der Waals surface area (Å²) in [5.41, 5.74) is 0.688. The van der Waals surface area contributed by atoms with Gasteiger partial charge in [-0.05, 0) is 74.5 Å². The fourth-order valence-corrected chi connectivity index (χ4v) is 5.81. The van der Waals surface area contributed by atoms with Crippen LogP contribution in [0.25, 0.3) is 0 Å². The van der Waals surface area contributed by atoms with Crippen LogP contribution in [0, 0.1) is 23.2 Å². The van der Waals surface area contributed by atoms with Crippen molar-refractivity contribution < 1.29 is 4.74 Å². The fraction of sp³-hybridized carbons (Fsp3) is 1.00. The molecule has 1 atom stereocenters. The molecule has 1 saturated heterocycles. The van der Waals surface area contributed by atoms with Crippen LogP contribution < -0.4 is 5.32 Å². The molecule has 4 aliphatic carbocycles. The molecule has 0 aromatic heterocycles. The van der Waals surface area contributed by atoms with Crippen molar-refractivity contribution in [2.75, 3.05) is 19.7 Å². The lowest BCUT2D eigenvalue weighted by Crippen LogP contribution is -2.51. The van der Waals surface area contributed by atoms with Crippen molar-refractivity contribution in [2.45, 2.75) is 57.5 Å². The smallest absolute Gasteiger partial charge is 0.0700 e. The third-order valence-corrected chi connectivity index (χ3v) is 6.06. The van der Waals surface area contributed by atoms with Crippen LogP contribution in [0.2, 0.25) is 0 Å². The molecule has 2 nitrogen and oxygen atoms in total. The van der Waals surface area contributed by atoms with Crippen LogP contribution in [0.3, 0.4) is 0 Å². The van der Waals surface area contributed by atoms with Gasteiger partial charge in [-0.25, -0.2) is 0 Å². The standard InChI is InChI=1S/C16H27NO/c1-2-15(18-3-1)10-17-11-16-7-12-4-13(8-16)6-14(5-12)9-16/h12-15,17H,1-11H2. The van der Waals surface area contributed by atoms with E-state index in [0.29, 0.717) is 11.5 Å². The van der Waals surface area contributed by atoms with Gasteiger partial charge in [-0.1, -0.05) is 0 Å². The van der Waals surface area contributed by atoms with Crippen LogP contribution in [0.1, 0.15) is 51.4 Å². The summed E-state index contributed by atoms with van der Waals surface area (Å²) in [6.45, 7) is 3.36. The number of nitrogens with one attached hydrogen (secondary N) is 1. The summed E-state index contributed by atoms with van der Waals surface area (Å²) < 4.78 is 5.71. The van der Waals surface area contributed by atoms with Gasteiger partial charge in [0.1, 0.15) is 0 Å². The SMILES string of the molecule is C1COC(CNCC23CC4CC(CC(C4)C2)C3)C1. The van der Waals surface area contributed by atoms with Crippen LogP contribution >= 0.6 is 0 Å². The molecule has 0 aromatic rings.